The van der Waals surface area contributed by atoms with Gasteiger partial charge in [-0.25, -0.2) is 0 Å². The second kappa shape index (κ2) is 4.05. The first-order chi connectivity index (χ1) is 6.73. The Bertz CT molecular complexity index is 362. The molecule has 0 spiro atoms. The van der Waals surface area contributed by atoms with E-state index < -0.39 is 0 Å². The van der Waals surface area contributed by atoms with Gasteiger partial charge in [-0.1, -0.05) is 46.2 Å². The van der Waals surface area contributed by atoms with E-state index in [0.717, 1.165) is 11.1 Å². The van der Waals surface area contributed by atoms with Gasteiger partial charge in [0.15, 0.2) is 0 Å². The normalized spacial score (nSPS) is 12.2. The number of benzene rings is 1. The molecule has 0 saturated heterocycles. The molecule has 0 heterocycles. The molecule has 0 radical (unpaired) electrons. The van der Waals surface area contributed by atoms with Crippen LogP contribution in [0.3, 0.4) is 0 Å². The molecule has 15 heavy (non-hydrogen) atoms. The van der Waals surface area contributed by atoms with E-state index in [-0.39, 0.29) is 11.2 Å². The molecule has 0 aliphatic carbocycles. The average molecular weight is 227 g/mol. The fourth-order valence-electron chi connectivity index (χ4n) is 1.62. The summed E-state index contributed by atoms with van der Waals surface area (Å²) < 4.78 is 0. The first kappa shape index (κ1) is 12.4. The topological polar surface area (TPSA) is 20.2 Å². The van der Waals surface area contributed by atoms with E-state index in [0.29, 0.717) is 10.9 Å². The van der Waals surface area contributed by atoms with Crippen molar-refractivity contribution < 1.29 is 5.11 Å². The summed E-state index contributed by atoms with van der Waals surface area (Å²) in [5, 5.41) is 10.5. The SMILES string of the molecule is CC(C)c1cc(C(C)(C)C)c(O)cc1Cl. The molecule has 0 aliphatic heterocycles. The van der Waals surface area contributed by atoms with Gasteiger partial charge < -0.3 is 5.11 Å². The highest BCUT2D eigenvalue weighted by atomic mass is 35.5. The highest BCUT2D eigenvalue weighted by molar-refractivity contribution is 6.31. The molecule has 1 aromatic carbocycles. The van der Waals surface area contributed by atoms with Crippen molar-refractivity contribution in [3.05, 3.63) is 28.3 Å². The van der Waals surface area contributed by atoms with E-state index in [2.05, 4.69) is 34.6 Å². The van der Waals surface area contributed by atoms with E-state index >= 15 is 0 Å². The third-order valence-electron chi connectivity index (χ3n) is 2.55. The Balaban J connectivity index is 3.37. The molecule has 0 unspecified atom stereocenters. The molecule has 1 rings (SSSR count). The van der Waals surface area contributed by atoms with E-state index in [4.69, 9.17) is 11.6 Å². The van der Waals surface area contributed by atoms with Crippen molar-refractivity contribution in [3.8, 4) is 5.75 Å². The summed E-state index contributed by atoms with van der Waals surface area (Å²) in [7, 11) is 0. The number of aromatic hydroxyl groups is 1. The highest BCUT2D eigenvalue weighted by Crippen LogP contribution is 2.37. The van der Waals surface area contributed by atoms with Crippen LogP contribution >= 0.6 is 11.6 Å². The lowest BCUT2D eigenvalue weighted by Crippen LogP contribution is -2.12. The minimum Gasteiger partial charge on any atom is -0.508 e. The van der Waals surface area contributed by atoms with Crippen LogP contribution in [0.2, 0.25) is 5.02 Å². The minimum atomic E-state index is -0.0572. The summed E-state index contributed by atoms with van der Waals surface area (Å²) in [5.74, 6) is 0.663. The summed E-state index contributed by atoms with van der Waals surface area (Å²) in [6.45, 7) is 10.5. The first-order valence-electron chi connectivity index (χ1n) is 5.26. The zero-order chi connectivity index (χ0) is 11.8. The van der Waals surface area contributed by atoms with Gasteiger partial charge in [-0.3, -0.25) is 0 Å². The van der Waals surface area contributed by atoms with Gasteiger partial charge in [-0.05, 0) is 34.6 Å². The van der Waals surface area contributed by atoms with Crippen LogP contribution < -0.4 is 0 Å². The summed E-state index contributed by atoms with van der Waals surface area (Å²) in [4.78, 5) is 0. The highest BCUT2D eigenvalue weighted by Gasteiger charge is 2.20. The molecule has 0 amide bonds. The summed E-state index contributed by atoms with van der Waals surface area (Å²) >= 11 is 6.09. The van der Waals surface area contributed by atoms with E-state index in [1.165, 1.54) is 0 Å². The van der Waals surface area contributed by atoms with Crippen LogP contribution in [0.1, 0.15) is 51.7 Å². The van der Waals surface area contributed by atoms with Crippen LogP contribution in [0.5, 0.6) is 5.75 Å². The monoisotopic (exact) mass is 226 g/mol. The second-order valence-corrected chi connectivity index (χ2v) is 5.70. The number of rotatable bonds is 1. The Hall–Kier alpha value is -0.690. The van der Waals surface area contributed by atoms with Gasteiger partial charge in [-0.15, -0.1) is 0 Å². The van der Waals surface area contributed by atoms with E-state index in [1.807, 2.05) is 6.07 Å². The zero-order valence-electron chi connectivity index (χ0n) is 10.1. The van der Waals surface area contributed by atoms with Gasteiger partial charge in [0.25, 0.3) is 0 Å². The van der Waals surface area contributed by atoms with Gasteiger partial charge in [0.05, 0.1) is 0 Å². The molecule has 0 aromatic heterocycles. The van der Waals surface area contributed by atoms with Crippen molar-refractivity contribution in [1.82, 2.24) is 0 Å². The predicted molar refractivity (Wildman–Crippen MR) is 65.9 cm³/mol. The summed E-state index contributed by atoms with van der Waals surface area (Å²) in [5.41, 5.74) is 1.99. The number of hydrogen-bond acceptors (Lipinski definition) is 1. The molecule has 1 N–H and O–H groups in total. The van der Waals surface area contributed by atoms with Gasteiger partial charge in [0, 0.05) is 5.02 Å². The minimum absolute atomic E-state index is 0.0572. The van der Waals surface area contributed by atoms with Crippen LogP contribution in [-0.2, 0) is 5.41 Å². The molecule has 2 heteroatoms. The number of phenolic OH excluding ortho intramolecular Hbond substituents is 1. The fourth-order valence-corrected chi connectivity index (χ4v) is 2.00. The van der Waals surface area contributed by atoms with Crippen molar-refractivity contribution in [2.24, 2.45) is 0 Å². The summed E-state index contributed by atoms with van der Waals surface area (Å²) in [6.07, 6.45) is 0. The molecule has 0 saturated carbocycles. The van der Waals surface area contributed by atoms with E-state index in [1.54, 1.807) is 6.07 Å². The third kappa shape index (κ3) is 2.66. The van der Waals surface area contributed by atoms with E-state index in [9.17, 15) is 5.11 Å². The van der Waals surface area contributed by atoms with Crippen LogP contribution in [0, 0.1) is 0 Å². The van der Waals surface area contributed by atoms with Gasteiger partial charge in [0.2, 0.25) is 0 Å². The maximum Gasteiger partial charge on any atom is 0.120 e. The van der Waals surface area contributed by atoms with Crippen LogP contribution in [0.15, 0.2) is 12.1 Å². The predicted octanol–water partition coefficient (Wildman–Crippen LogP) is 4.47. The fraction of sp³-hybridized carbons (Fsp3) is 0.538. The van der Waals surface area contributed by atoms with Crippen molar-refractivity contribution in [2.45, 2.75) is 46.0 Å². The molecule has 0 atom stereocenters. The molecule has 0 aliphatic rings. The maximum atomic E-state index is 9.85. The van der Waals surface area contributed by atoms with Crippen molar-refractivity contribution in [3.63, 3.8) is 0 Å². The average Bonchev–Trinajstić information content (AvgIpc) is 2.00. The van der Waals surface area contributed by atoms with Crippen LogP contribution in [-0.4, -0.2) is 5.11 Å². The van der Waals surface area contributed by atoms with Crippen LogP contribution in [0.25, 0.3) is 0 Å². The second-order valence-electron chi connectivity index (χ2n) is 5.30. The third-order valence-corrected chi connectivity index (χ3v) is 2.87. The molecular weight excluding hydrogens is 208 g/mol. The molecule has 0 bridgehead atoms. The largest absolute Gasteiger partial charge is 0.508 e. The Morgan fingerprint density at radius 2 is 1.73 bits per heavy atom. The van der Waals surface area contributed by atoms with Gasteiger partial charge >= 0.3 is 0 Å². The number of halogens is 1. The van der Waals surface area contributed by atoms with Crippen LogP contribution in [0.4, 0.5) is 0 Å². The molecular formula is C13H19ClO. The standard InChI is InChI=1S/C13H19ClO/c1-8(2)9-6-10(13(3,4)5)12(15)7-11(9)14/h6-8,15H,1-5H3. The Morgan fingerprint density at radius 1 is 1.20 bits per heavy atom. The van der Waals surface area contributed by atoms with Crippen molar-refractivity contribution >= 4 is 11.6 Å². The number of phenols is 1. The molecule has 1 aromatic rings. The quantitative estimate of drug-likeness (QED) is 0.749. The van der Waals surface area contributed by atoms with Crippen molar-refractivity contribution in [2.75, 3.05) is 0 Å². The molecule has 1 nitrogen and oxygen atoms in total. The first-order valence-corrected chi connectivity index (χ1v) is 5.64. The molecule has 84 valence electrons. The zero-order valence-corrected chi connectivity index (χ0v) is 10.8. The lowest BCUT2D eigenvalue weighted by molar-refractivity contribution is 0.446. The Labute approximate surface area is 97.1 Å². The lowest BCUT2D eigenvalue weighted by atomic mass is 9.84. The molecule has 0 fully saturated rings. The van der Waals surface area contributed by atoms with Gasteiger partial charge in [0.1, 0.15) is 5.75 Å². The Kier molecular flexibility index (Phi) is 3.34. The Morgan fingerprint density at radius 3 is 2.13 bits per heavy atom. The lowest BCUT2D eigenvalue weighted by Gasteiger charge is -2.22. The van der Waals surface area contributed by atoms with Crippen molar-refractivity contribution in [1.29, 1.82) is 0 Å². The summed E-state index contributed by atoms with van der Waals surface area (Å²) in [6, 6.07) is 3.67. The number of hydrogen-bond donors (Lipinski definition) is 1. The smallest absolute Gasteiger partial charge is 0.120 e. The maximum absolute atomic E-state index is 9.85. The van der Waals surface area contributed by atoms with Gasteiger partial charge in [-0.2, -0.15) is 0 Å².